The zero-order valence-electron chi connectivity index (χ0n) is 23.7. The number of aromatic nitrogens is 3. The topological polar surface area (TPSA) is 109 Å². The highest BCUT2D eigenvalue weighted by Crippen LogP contribution is 2.44. The van der Waals surface area contributed by atoms with E-state index in [-0.39, 0.29) is 6.61 Å². The highest BCUT2D eigenvalue weighted by molar-refractivity contribution is 5.89. The number of nitrogens with zero attached hydrogens (tertiary/aromatic N) is 3. The van der Waals surface area contributed by atoms with Gasteiger partial charge in [0.05, 0.1) is 18.9 Å². The predicted octanol–water partition coefficient (Wildman–Crippen LogP) is 7.84. The van der Waals surface area contributed by atoms with Gasteiger partial charge in [0.2, 0.25) is 11.5 Å². The summed E-state index contributed by atoms with van der Waals surface area (Å²) in [5.74, 6) is -2.71. The number of hydrogen-bond acceptors (Lipinski definition) is 8. The molecule has 0 aliphatic heterocycles. The molecular weight excluding hydrogens is 586 g/mol. The van der Waals surface area contributed by atoms with E-state index < -0.39 is 70.9 Å². The van der Waals surface area contributed by atoms with Gasteiger partial charge in [0.1, 0.15) is 11.2 Å². The maximum atomic E-state index is 14.3. The zero-order chi connectivity index (χ0) is 32.1. The Kier molecular flexibility index (Phi) is 10.1. The molecule has 0 bridgehead atoms. The highest BCUT2D eigenvalue weighted by Gasteiger charge is 2.58. The smallest absolute Gasteiger partial charge is 0.426 e. The monoisotopic (exact) mass is 616 g/mol. The Bertz CT molecular complexity index is 1400. The van der Waals surface area contributed by atoms with Gasteiger partial charge in [0.15, 0.2) is 5.69 Å². The third kappa shape index (κ3) is 8.69. The van der Waals surface area contributed by atoms with Crippen LogP contribution in [0.25, 0.3) is 11.6 Å². The number of pyridine rings is 1. The first kappa shape index (κ1) is 33.4. The molecule has 234 valence electrons. The minimum absolute atomic E-state index is 0.199. The van der Waals surface area contributed by atoms with Crippen LogP contribution in [0.3, 0.4) is 0 Å². The number of allylic oxidation sites excluding steroid dienone is 1. The van der Waals surface area contributed by atoms with Crippen LogP contribution in [0.5, 0.6) is 5.88 Å². The van der Waals surface area contributed by atoms with Crippen molar-refractivity contribution < 1.29 is 49.8 Å². The number of carbonyl (C=O) groups is 1. The lowest BCUT2D eigenvalue weighted by molar-refractivity contribution is -0.289. The minimum atomic E-state index is -5.06. The van der Waals surface area contributed by atoms with Crippen LogP contribution >= 0.6 is 0 Å². The Hall–Kier alpha value is -4.14. The first-order chi connectivity index (χ1) is 19.9. The summed E-state index contributed by atoms with van der Waals surface area (Å²) in [7, 11) is 0. The fourth-order valence-electron chi connectivity index (χ4n) is 3.46. The van der Waals surface area contributed by atoms with Gasteiger partial charge in [-0.2, -0.15) is 26.3 Å². The van der Waals surface area contributed by atoms with Crippen LogP contribution < -0.4 is 10.1 Å². The summed E-state index contributed by atoms with van der Waals surface area (Å²) in [4.78, 5) is 16.3. The average molecular weight is 617 g/mol. The number of benzene rings is 1. The molecule has 0 fully saturated rings. The molecule has 43 heavy (non-hydrogen) atoms. The SMILES string of the molecule is C=CCCCOc1nc(-c2nnc(C(C)(OCc3ccccc3)C(F)(F)F)o2)c(NC(=O)OC(C)(C)C)cc1C(F)(F)F. The molecule has 0 aliphatic rings. The quantitative estimate of drug-likeness (QED) is 0.132. The summed E-state index contributed by atoms with van der Waals surface area (Å²) < 4.78 is 106. The molecule has 0 saturated carbocycles. The molecule has 0 spiro atoms. The number of nitrogens with one attached hydrogen (secondary N) is 1. The van der Waals surface area contributed by atoms with Crippen molar-refractivity contribution in [3.05, 3.63) is 66.1 Å². The summed E-state index contributed by atoms with van der Waals surface area (Å²) >= 11 is 0. The van der Waals surface area contributed by atoms with Crippen LogP contribution in [-0.4, -0.2) is 39.7 Å². The average Bonchev–Trinajstić information content (AvgIpc) is 3.39. The van der Waals surface area contributed by atoms with Crippen LogP contribution in [0.1, 0.15) is 57.6 Å². The van der Waals surface area contributed by atoms with Gasteiger partial charge in [0, 0.05) is 0 Å². The molecule has 1 amide bonds. The van der Waals surface area contributed by atoms with E-state index in [9.17, 15) is 31.1 Å². The minimum Gasteiger partial charge on any atom is -0.477 e. The Labute approximate surface area is 243 Å². The number of amides is 1. The van der Waals surface area contributed by atoms with E-state index in [4.69, 9.17) is 18.6 Å². The maximum Gasteiger partial charge on any atom is 0.426 e. The third-order valence-electron chi connectivity index (χ3n) is 5.67. The number of ether oxygens (including phenoxy) is 3. The van der Waals surface area contributed by atoms with Crippen LogP contribution in [0.15, 0.2) is 53.5 Å². The van der Waals surface area contributed by atoms with Gasteiger partial charge in [-0.3, -0.25) is 5.32 Å². The molecular formula is C28H30F6N4O5. The lowest BCUT2D eigenvalue weighted by Crippen LogP contribution is -2.42. The molecule has 15 heteroatoms. The highest BCUT2D eigenvalue weighted by atomic mass is 19.4. The van der Waals surface area contributed by atoms with Crippen LogP contribution in [0.2, 0.25) is 0 Å². The van der Waals surface area contributed by atoms with Gasteiger partial charge >= 0.3 is 18.4 Å². The molecule has 1 aromatic carbocycles. The Balaban J connectivity index is 2.11. The summed E-state index contributed by atoms with van der Waals surface area (Å²) in [6, 6.07) is 8.49. The molecule has 0 saturated heterocycles. The van der Waals surface area contributed by atoms with Crippen LogP contribution in [0, 0.1) is 0 Å². The van der Waals surface area contributed by atoms with Crippen molar-refractivity contribution in [2.75, 3.05) is 11.9 Å². The molecule has 3 rings (SSSR count). The number of anilines is 1. The van der Waals surface area contributed by atoms with Crippen molar-refractivity contribution >= 4 is 11.8 Å². The fraction of sp³-hybridized carbons (Fsp3) is 0.429. The lowest BCUT2D eigenvalue weighted by atomic mass is 10.1. The molecule has 1 unspecified atom stereocenters. The van der Waals surface area contributed by atoms with Crippen LogP contribution in [-0.2, 0) is 27.9 Å². The molecule has 1 N–H and O–H groups in total. The van der Waals surface area contributed by atoms with Gasteiger partial charge in [0.25, 0.3) is 11.8 Å². The molecule has 9 nitrogen and oxygen atoms in total. The number of carbonyl (C=O) groups excluding carboxylic acids is 1. The molecule has 0 radical (unpaired) electrons. The van der Waals surface area contributed by atoms with Gasteiger partial charge in [-0.15, -0.1) is 16.8 Å². The van der Waals surface area contributed by atoms with E-state index in [1.54, 1.807) is 30.3 Å². The van der Waals surface area contributed by atoms with Crippen molar-refractivity contribution in [1.29, 1.82) is 0 Å². The van der Waals surface area contributed by atoms with Crippen molar-refractivity contribution in [3.63, 3.8) is 0 Å². The van der Waals surface area contributed by atoms with E-state index >= 15 is 0 Å². The number of hydrogen-bond donors (Lipinski definition) is 1. The summed E-state index contributed by atoms with van der Waals surface area (Å²) in [6.07, 6.45) is -8.96. The third-order valence-corrected chi connectivity index (χ3v) is 5.67. The summed E-state index contributed by atoms with van der Waals surface area (Å²) in [5, 5.41) is 9.23. The Morgan fingerprint density at radius 1 is 1.05 bits per heavy atom. The van der Waals surface area contributed by atoms with Gasteiger partial charge < -0.3 is 18.6 Å². The maximum absolute atomic E-state index is 14.3. The Morgan fingerprint density at radius 2 is 1.72 bits per heavy atom. The molecule has 0 aliphatic carbocycles. The summed E-state index contributed by atoms with van der Waals surface area (Å²) in [5.41, 5.74) is -6.33. The van der Waals surface area contributed by atoms with E-state index in [1.807, 2.05) is 0 Å². The standard InChI is InChI=1S/C28H30F6N4O5/c1-6-7-11-14-40-21-18(27(29,30)31)15-19(35-24(39)43-25(2,3)4)20(36-21)22-37-38-23(42-22)26(5,28(32,33)34)41-16-17-12-9-8-10-13-17/h6,8-10,12-13,15H,1,7,11,14,16H2,2-5H3,(H,35,39). The molecule has 2 heterocycles. The zero-order valence-corrected chi connectivity index (χ0v) is 23.7. The van der Waals surface area contributed by atoms with Crippen molar-refractivity contribution in [3.8, 4) is 17.5 Å². The largest absolute Gasteiger partial charge is 0.477 e. The first-order valence-electron chi connectivity index (χ1n) is 12.9. The second-order valence-electron chi connectivity index (χ2n) is 10.4. The van der Waals surface area contributed by atoms with Crippen molar-refractivity contribution in [2.24, 2.45) is 0 Å². The Morgan fingerprint density at radius 3 is 2.30 bits per heavy atom. The van der Waals surface area contributed by atoms with Gasteiger partial charge in [-0.1, -0.05) is 36.4 Å². The normalized spacial score (nSPS) is 13.7. The molecule has 3 aromatic rings. The number of rotatable bonds is 11. The van der Waals surface area contributed by atoms with Crippen molar-refractivity contribution in [1.82, 2.24) is 15.2 Å². The van der Waals surface area contributed by atoms with Crippen LogP contribution in [0.4, 0.5) is 36.8 Å². The van der Waals surface area contributed by atoms with E-state index in [0.717, 1.165) is 0 Å². The second kappa shape index (κ2) is 13.0. The molecule has 1 atom stereocenters. The van der Waals surface area contributed by atoms with Gasteiger partial charge in [-0.25, -0.2) is 9.78 Å². The first-order valence-corrected chi connectivity index (χ1v) is 12.9. The predicted molar refractivity (Wildman–Crippen MR) is 142 cm³/mol. The number of unbranched alkanes of at least 4 members (excludes halogenated alkanes) is 1. The second-order valence-corrected chi connectivity index (χ2v) is 10.4. The number of halogens is 6. The van der Waals surface area contributed by atoms with E-state index in [1.165, 1.54) is 26.8 Å². The fourth-order valence-corrected chi connectivity index (χ4v) is 3.46. The van der Waals surface area contributed by atoms with Gasteiger partial charge in [-0.05, 0) is 52.2 Å². The number of alkyl halides is 6. The van der Waals surface area contributed by atoms with E-state index in [2.05, 4.69) is 27.1 Å². The van der Waals surface area contributed by atoms with Crippen molar-refractivity contribution in [2.45, 2.75) is 70.7 Å². The van der Waals surface area contributed by atoms with E-state index in [0.29, 0.717) is 31.4 Å². The lowest BCUT2D eigenvalue weighted by Gasteiger charge is -2.28. The molecule has 2 aromatic heterocycles. The summed E-state index contributed by atoms with van der Waals surface area (Å²) in [6.45, 7) is 8.07.